The molecule has 6 heteroatoms. The van der Waals surface area contributed by atoms with Crippen LogP contribution in [-0.4, -0.2) is 18.5 Å². The van der Waals surface area contributed by atoms with Gasteiger partial charge in [-0.25, -0.2) is 0 Å². The van der Waals surface area contributed by atoms with Crippen LogP contribution in [0.25, 0.3) is 0 Å². The van der Waals surface area contributed by atoms with Crippen molar-refractivity contribution >= 4 is 50.7 Å². The van der Waals surface area contributed by atoms with E-state index in [4.69, 9.17) is 23.2 Å². The molecule has 0 bridgehead atoms. The SMILES string of the molecule is O=C(CC1CCCN1)Nc1ccc(Br)c(Cl)c1Cl. The third-order valence-electron chi connectivity index (χ3n) is 2.90. The summed E-state index contributed by atoms with van der Waals surface area (Å²) in [5.74, 6) is -0.0466. The molecule has 1 aliphatic rings. The van der Waals surface area contributed by atoms with Crippen LogP contribution in [0.15, 0.2) is 16.6 Å². The van der Waals surface area contributed by atoms with E-state index in [1.165, 1.54) is 0 Å². The predicted molar refractivity (Wildman–Crippen MR) is 78.4 cm³/mol. The van der Waals surface area contributed by atoms with Crippen LogP contribution < -0.4 is 10.6 Å². The largest absolute Gasteiger partial charge is 0.325 e. The molecule has 2 rings (SSSR count). The van der Waals surface area contributed by atoms with Gasteiger partial charge in [-0.3, -0.25) is 4.79 Å². The Balaban J connectivity index is 2.00. The van der Waals surface area contributed by atoms with E-state index in [0.29, 0.717) is 26.6 Å². The Bertz CT molecular complexity index is 462. The molecule has 1 aliphatic heterocycles. The summed E-state index contributed by atoms with van der Waals surface area (Å²) in [6, 6.07) is 3.77. The van der Waals surface area contributed by atoms with Gasteiger partial charge in [0, 0.05) is 16.9 Å². The highest BCUT2D eigenvalue weighted by atomic mass is 79.9. The molecular formula is C12H13BrCl2N2O. The van der Waals surface area contributed by atoms with Crippen molar-refractivity contribution in [2.75, 3.05) is 11.9 Å². The van der Waals surface area contributed by atoms with Gasteiger partial charge in [0.15, 0.2) is 0 Å². The molecule has 2 N–H and O–H groups in total. The minimum atomic E-state index is -0.0466. The Morgan fingerprint density at radius 2 is 2.22 bits per heavy atom. The molecule has 0 aliphatic carbocycles. The Labute approximate surface area is 124 Å². The molecule has 1 fully saturated rings. The lowest BCUT2D eigenvalue weighted by Crippen LogP contribution is -2.27. The Hall–Kier alpha value is -0.290. The normalized spacial score (nSPS) is 18.9. The predicted octanol–water partition coefficient (Wildman–Crippen LogP) is 3.84. The van der Waals surface area contributed by atoms with Gasteiger partial charge in [0.1, 0.15) is 0 Å². The lowest BCUT2D eigenvalue weighted by molar-refractivity contribution is -0.116. The molecule has 1 aromatic rings. The van der Waals surface area contributed by atoms with Crippen molar-refractivity contribution in [3.05, 3.63) is 26.7 Å². The number of amides is 1. The molecule has 0 spiro atoms. The second-order valence-electron chi connectivity index (χ2n) is 4.27. The minimum absolute atomic E-state index is 0.0466. The Morgan fingerprint density at radius 3 is 2.89 bits per heavy atom. The maximum Gasteiger partial charge on any atom is 0.225 e. The second-order valence-corrected chi connectivity index (χ2v) is 5.88. The summed E-state index contributed by atoms with van der Waals surface area (Å²) in [6.07, 6.45) is 2.63. The van der Waals surface area contributed by atoms with Gasteiger partial charge in [0.25, 0.3) is 0 Å². The van der Waals surface area contributed by atoms with Gasteiger partial charge in [-0.15, -0.1) is 0 Å². The molecule has 18 heavy (non-hydrogen) atoms. The van der Waals surface area contributed by atoms with Crippen molar-refractivity contribution < 1.29 is 4.79 Å². The Kier molecular flexibility index (Phi) is 4.90. The van der Waals surface area contributed by atoms with Crippen LogP contribution in [0.1, 0.15) is 19.3 Å². The van der Waals surface area contributed by atoms with E-state index in [-0.39, 0.29) is 11.9 Å². The first-order valence-corrected chi connectivity index (χ1v) is 7.29. The molecule has 1 saturated heterocycles. The number of carbonyl (C=O) groups excluding carboxylic acids is 1. The number of hydrogen-bond donors (Lipinski definition) is 2. The summed E-state index contributed by atoms with van der Waals surface area (Å²) in [6.45, 7) is 0.989. The number of nitrogens with one attached hydrogen (secondary N) is 2. The standard InChI is InChI=1S/C12H13BrCl2N2O/c13-8-3-4-9(12(15)11(8)14)17-10(18)6-7-2-1-5-16-7/h3-4,7,16H,1-2,5-6H2,(H,17,18). The topological polar surface area (TPSA) is 41.1 Å². The van der Waals surface area contributed by atoms with Crippen LogP contribution >= 0.6 is 39.1 Å². The van der Waals surface area contributed by atoms with Crippen LogP contribution in [-0.2, 0) is 4.79 Å². The summed E-state index contributed by atoms with van der Waals surface area (Å²) in [4.78, 5) is 11.9. The molecule has 98 valence electrons. The van der Waals surface area contributed by atoms with Crippen molar-refractivity contribution in [3.8, 4) is 0 Å². The Morgan fingerprint density at radius 1 is 1.44 bits per heavy atom. The first kappa shape index (κ1) is 14.1. The zero-order valence-electron chi connectivity index (χ0n) is 9.60. The van der Waals surface area contributed by atoms with Gasteiger partial charge in [-0.05, 0) is 47.4 Å². The monoisotopic (exact) mass is 350 g/mol. The van der Waals surface area contributed by atoms with Crippen LogP contribution in [0.2, 0.25) is 10.0 Å². The summed E-state index contributed by atoms with van der Waals surface area (Å²) >= 11 is 15.3. The molecule has 3 nitrogen and oxygen atoms in total. The minimum Gasteiger partial charge on any atom is -0.325 e. The summed E-state index contributed by atoms with van der Waals surface area (Å²) in [5, 5.41) is 6.84. The van der Waals surface area contributed by atoms with E-state index in [0.717, 1.165) is 19.4 Å². The first-order chi connectivity index (χ1) is 8.58. The summed E-state index contributed by atoms with van der Waals surface area (Å²) in [7, 11) is 0. The fraction of sp³-hybridized carbons (Fsp3) is 0.417. The van der Waals surface area contributed by atoms with Crippen molar-refractivity contribution in [2.24, 2.45) is 0 Å². The van der Waals surface area contributed by atoms with Crippen LogP contribution in [0.5, 0.6) is 0 Å². The third kappa shape index (κ3) is 3.38. The second kappa shape index (κ2) is 6.24. The number of halogens is 3. The smallest absolute Gasteiger partial charge is 0.225 e. The van der Waals surface area contributed by atoms with Gasteiger partial charge in [-0.2, -0.15) is 0 Å². The van der Waals surface area contributed by atoms with E-state index >= 15 is 0 Å². The first-order valence-electron chi connectivity index (χ1n) is 5.74. The van der Waals surface area contributed by atoms with Gasteiger partial charge in [0.2, 0.25) is 5.91 Å². The number of carbonyl (C=O) groups is 1. The van der Waals surface area contributed by atoms with Gasteiger partial charge >= 0.3 is 0 Å². The van der Waals surface area contributed by atoms with Crippen LogP contribution in [0.3, 0.4) is 0 Å². The van der Waals surface area contributed by atoms with E-state index in [1.54, 1.807) is 12.1 Å². The number of benzene rings is 1. The molecule has 1 amide bonds. The van der Waals surface area contributed by atoms with Gasteiger partial charge in [0.05, 0.1) is 15.7 Å². The molecular weight excluding hydrogens is 339 g/mol. The average Bonchev–Trinajstić information content (AvgIpc) is 2.83. The van der Waals surface area contributed by atoms with Crippen LogP contribution in [0, 0.1) is 0 Å². The number of rotatable bonds is 3. The van der Waals surface area contributed by atoms with Crippen molar-refractivity contribution in [1.82, 2.24) is 5.32 Å². The molecule has 0 aromatic heterocycles. The molecule has 1 heterocycles. The number of anilines is 1. The van der Waals surface area contributed by atoms with E-state index in [2.05, 4.69) is 26.6 Å². The van der Waals surface area contributed by atoms with Crippen molar-refractivity contribution in [3.63, 3.8) is 0 Å². The maximum absolute atomic E-state index is 11.9. The molecule has 1 atom stereocenters. The van der Waals surface area contributed by atoms with Crippen molar-refractivity contribution in [2.45, 2.75) is 25.3 Å². The summed E-state index contributed by atoms with van der Waals surface area (Å²) < 4.78 is 0.713. The maximum atomic E-state index is 11.9. The van der Waals surface area contributed by atoms with E-state index < -0.39 is 0 Å². The summed E-state index contributed by atoms with van der Waals surface area (Å²) in [5.41, 5.74) is 0.549. The lowest BCUT2D eigenvalue weighted by Gasteiger charge is -2.12. The fourth-order valence-electron chi connectivity index (χ4n) is 1.98. The zero-order valence-corrected chi connectivity index (χ0v) is 12.7. The fourth-order valence-corrected chi connectivity index (χ4v) is 2.80. The highest BCUT2D eigenvalue weighted by Crippen LogP contribution is 2.35. The third-order valence-corrected chi connectivity index (χ3v) is 4.67. The molecule has 1 aromatic carbocycles. The molecule has 0 radical (unpaired) electrons. The number of hydrogen-bond acceptors (Lipinski definition) is 2. The van der Waals surface area contributed by atoms with E-state index in [1.807, 2.05) is 0 Å². The highest BCUT2D eigenvalue weighted by molar-refractivity contribution is 9.10. The van der Waals surface area contributed by atoms with Crippen LogP contribution in [0.4, 0.5) is 5.69 Å². The molecule has 0 saturated carbocycles. The van der Waals surface area contributed by atoms with E-state index in [9.17, 15) is 4.79 Å². The average molecular weight is 352 g/mol. The van der Waals surface area contributed by atoms with Crippen molar-refractivity contribution in [1.29, 1.82) is 0 Å². The lowest BCUT2D eigenvalue weighted by atomic mass is 10.1. The van der Waals surface area contributed by atoms with Gasteiger partial charge < -0.3 is 10.6 Å². The zero-order chi connectivity index (χ0) is 13.1. The quantitative estimate of drug-likeness (QED) is 0.812. The highest BCUT2D eigenvalue weighted by Gasteiger charge is 2.18. The van der Waals surface area contributed by atoms with Gasteiger partial charge in [-0.1, -0.05) is 23.2 Å². The molecule has 1 unspecified atom stereocenters.